The molecule has 0 bridgehead atoms. The maximum Gasteiger partial charge on any atom is 0.255 e. The minimum atomic E-state index is -0.133. The number of carbonyl (C=O) groups excluding carboxylic acids is 2. The fourth-order valence-corrected chi connectivity index (χ4v) is 4.05. The van der Waals surface area contributed by atoms with Crippen LogP contribution in [0.15, 0.2) is 41.0 Å². The Balaban J connectivity index is 1.46. The summed E-state index contributed by atoms with van der Waals surface area (Å²) in [6, 6.07) is 9.05. The van der Waals surface area contributed by atoms with Gasteiger partial charge in [0.1, 0.15) is 11.6 Å². The van der Waals surface area contributed by atoms with E-state index in [1.165, 1.54) is 0 Å². The number of benzene rings is 1. The van der Waals surface area contributed by atoms with E-state index in [0.717, 1.165) is 36.2 Å². The summed E-state index contributed by atoms with van der Waals surface area (Å²) in [6.45, 7) is 6.66. The molecule has 0 unspecified atom stereocenters. The van der Waals surface area contributed by atoms with Crippen LogP contribution in [-0.4, -0.2) is 74.7 Å². The Morgan fingerprint density at radius 3 is 2.53 bits per heavy atom. The quantitative estimate of drug-likeness (QED) is 0.443. The van der Waals surface area contributed by atoms with Gasteiger partial charge < -0.3 is 24.6 Å². The lowest BCUT2D eigenvalue weighted by molar-refractivity contribution is 0.0745. The van der Waals surface area contributed by atoms with E-state index in [1.54, 1.807) is 25.4 Å². The van der Waals surface area contributed by atoms with Crippen molar-refractivity contribution < 1.29 is 19.1 Å². The molecule has 184 valence electrons. The number of methoxy groups -OCH3 is 1. The molecule has 1 saturated heterocycles. The number of aromatic nitrogens is 1. The van der Waals surface area contributed by atoms with E-state index in [1.807, 2.05) is 23.1 Å². The van der Waals surface area contributed by atoms with Crippen molar-refractivity contribution in [3.8, 4) is 5.75 Å². The zero-order valence-electron chi connectivity index (χ0n) is 19.9. The van der Waals surface area contributed by atoms with Gasteiger partial charge in [-0.15, -0.1) is 0 Å². The number of hydrogen-bond acceptors (Lipinski definition) is 6. The molecule has 1 fully saturated rings. The first-order chi connectivity index (χ1) is 16.5. The third kappa shape index (κ3) is 7.17. The van der Waals surface area contributed by atoms with Gasteiger partial charge in [-0.05, 0) is 59.1 Å². The highest BCUT2D eigenvalue weighted by molar-refractivity contribution is 9.10. The summed E-state index contributed by atoms with van der Waals surface area (Å²) in [4.78, 5) is 33.8. The number of nitrogens with zero attached hydrogens (tertiary/aromatic N) is 3. The highest BCUT2D eigenvalue weighted by Crippen LogP contribution is 2.25. The Bertz CT molecular complexity index is 946. The van der Waals surface area contributed by atoms with Gasteiger partial charge in [0.25, 0.3) is 11.8 Å². The van der Waals surface area contributed by atoms with E-state index in [2.05, 4.69) is 38.1 Å². The van der Waals surface area contributed by atoms with Crippen molar-refractivity contribution in [2.24, 2.45) is 0 Å². The van der Waals surface area contributed by atoms with Gasteiger partial charge in [-0.25, -0.2) is 4.98 Å². The summed E-state index contributed by atoms with van der Waals surface area (Å²) < 4.78 is 11.5. The second-order valence-corrected chi connectivity index (χ2v) is 8.96. The summed E-state index contributed by atoms with van der Waals surface area (Å²) in [7, 11) is 1.59. The Morgan fingerprint density at radius 1 is 1.09 bits per heavy atom. The molecule has 2 aromatic rings. The molecular weight excluding hydrogens is 500 g/mol. The number of nitrogens with one attached hydrogen (secondary N) is 1. The Labute approximate surface area is 209 Å². The van der Waals surface area contributed by atoms with Gasteiger partial charge in [0.05, 0.1) is 18.2 Å². The SMILES string of the molecule is CCCCOCCCNC(=O)c1ccc(N2CCN(C(=O)c3cc(OC)ccc3Br)CC2)nc1. The van der Waals surface area contributed by atoms with Crippen LogP contribution in [0.3, 0.4) is 0 Å². The lowest BCUT2D eigenvalue weighted by atomic mass is 10.1. The van der Waals surface area contributed by atoms with Crippen LogP contribution >= 0.6 is 15.9 Å². The number of hydrogen-bond donors (Lipinski definition) is 1. The second-order valence-electron chi connectivity index (χ2n) is 8.11. The average molecular weight is 533 g/mol. The predicted octanol–water partition coefficient (Wildman–Crippen LogP) is 3.75. The van der Waals surface area contributed by atoms with Gasteiger partial charge in [0.2, 0.25) is 0 Å². The average Bonchev–Trinajstić information content (AvgIpc) is 2.88. The summed E-state index contributed by atoms with van der Waals surface area (Å²) in [5.41, 5.74) is 1.13. The molecule has 9 heteroatoms. The molecule has 1 aromatic heterocycles. The van der Waals surface area contributed by atoms with Crippen molar-refractivity contribution in [1.29, 1.82) is 0 Å². The molecule has 0 radical (unpaired) electrons. The molecule has 0 spiro atoms. The number of halogens is 1. The highest BCUT2D eigenvalue weighted by Gasteiger charge is 2.24. The van der Waals surface area contributed by atoms with E-state index < -0.39 is 0 Å². The molecule has 8 nitrogen and oxygen atoms in total. The van der Waals surface area contributed by atoms with E-state index >= 15 is 0 Å². The molecule has 3 rings (SSSR count). The minimum absolute atomic E-state index is 0.0267. The van der Waals surface area contributed by atoms with Crippen molar-refractivity contribution in [2.75, 3.05) is 57.9 Å². The van der Waals surface area contributed by atoms with Crippen molar-refractivity contribution in [1.82, 2.24) is 15.2 Å². The Morgan fingerprint density at radius 2 is 1.85 bits per heavy atom. The summed E-state index contributed by atoms with van der Waals surface area (Å²) in [6.07, 6.45) is 4.58. The van der Waals surface area contributed by atoms with E-state index in [9.17, 15) is 9.59 Å². The van der Waals surface area contributed by atoms with Crippen LogP contribution in [0, 0.1) is 0 Å². The maximum atomic E-state index is 13.0. The largest absolute Gasteiger partial charge is 0.497 e. The van der Waals surface area contributed by atoms with E-state index in [-0.39, 0.29) is 11.8 Å². The predicted molar refractivity (Wildman–Crippen MR) is 136 cm³/mol. The Hall–Kier alpha value is -2.65. The lowest BCUT2D eigenvalue weighted by Gasteiger charge is -2.35. The molecule has 2 amide bonds. The summed E-state index contributed by atoms with van der Waals surface area (Å²) in [5.74, 6) is 1.29. The van der Waals surface area contributed by atoms with Crippen LogP contribution < -0.4 is 15.0 Å². The van der Waals surface area contributed by atoms with Crippen LogP contribution in [0.25, 0.3) is 0 Å². The van der Waals surface area contributed by atoms with Crippen LogP contribution in [0.5, 0.6) is 5.75 Å². The number of amides is 2. The fourth-order valence-electron chi connectivity index (χ4n) is 3.64. The molecule has 0 atom stereocenters. The Kier molecular flexibility index (Phi) is 10.2. The zero-order chi connectivity index (χ0) is 24.3. The first-order valence-electron chi connectivity index (χ1n) is 11.7. The topological polar surface area (TPSA) is 84.0 Å². The molecule has 0 aliphatic carbocycles. The monoisotopic (exact) mass is 532 g/mol. The molecular formula is C25H33BrN4O4. The van der Waals surface area contributed by atoms with Gasteiger partial charge in [-0.2, -0.15) is 0 Å². The molecule has 1 N–H and O–H groups in total. The van der Waals surface area contributed by atoms with Gasteiger partial charge >= 0.3 is 0 Å². The molecule has 1 aliphatic rings. The third-order valence-corrected chi connectivity index (χ3v) is 6.39. The number of piperazine rings is 1. The zero-order valence-corrected chi connectivity index (χ0v) is 21.5. The maximum absolute atomic E-state index is 13.0. The molecule has 0 saturated carbocycles. The number of carbonyl (C=O) groups is 2. The van der Waals surface area contributed by atoms with Crippen molar-refractivity contribution >= 4 is 33.6 Å². The van der Waals surface area contributed by atoms with Gasteiger partial charge in [0.15, 0.2) is 0 Å². The molecule has 1 aliphatic heterocycles. The standard InChI is InChI=1S/C25H33BrN4O4/c1-3-4-15-34-16-5-10-27-24(31)19-6-9-23(28-18-19)29-11-13-30(14-12-29)25(32)21-17-20(33-2)7-8-22(21)26/h6-9,17-18H,3-5,10-16H2,1-2H3,(H,27,31). The first-order valence-corrected chi connectivity index (χ1v) is 12.5. The summed E-state index contributed by atoms with van der Waals surface area (Å²) in [5, 5.41) is 2.91. The van der Waals surface area contributed by atoms with Crippen LogP contribution in [0.1, 0.15) is 46.9 Å². The van der Waals surface area contributed by atoms with E-state index in [4.69, 9.17) is 9.47 Å². The van der Waals surface area contributed by atoms with Crippen LogP contribution in [0.2, 0.25) is 0 Å². The minimum Gasteiger partial charge on any atom is -0.497 e. The van der Waals surface area contributed by atoms with Crippen molar-refractivity contribution in [3.63, 3.8) is 0 Å². The number of anilines is 1. The molecule has 2 heterocycles. The molecule has 34 heavy (non-hydrogen) atoms. The normalized spacial score (nSPS) is 13.6. The van der Waals surface area contributed by atoms with Crippen molar-refractivity contribution in [2.45, 2.75) is 26.2 Å². The second kappa shape index (κ2) is 13.3. The number of pyridine rings is 1. The molecule has 1 aromatic carbocycles. The number of unbranched alkanes of at least 4 members (excludes halogenated alkanes) is 1. The fraction of sp³-hybridized carbons (Fsp3) is 0.480. The lowest BCUT2D eigenvalue weighted by Crippen LogP contribution is -2.49. The first kappa shape index (κ1) is 26.0. The highest BCUT2D eigenvalue weighted by atomic mass is 79.9. The van der Waals surface area contributed by atoms with Gasteiger partial charge in [0, 0.05) is 56.6 Å². The number of ether oxygens (including phenoxy) is 2. The smallest absolute Gasteiger partial charge is 0.255 e. The van der Waals surface area contributed by atoms with Crippen LogP contribution in [-0.2, 0) is 4.74 Å². The summed E-state index contributed by atoms with van der Waals surface area (Å²) >= 11 is 3.46. The van der Waals surface area contributed by atoms with Gasteiger partial charge in [-0.1, -0.05) is 13.3 Å². The third-order valence-electron chi connectivity index (χ3n) is 5.70. The van der Waals surface area contributed by atoms with Crippen LogP contribution in [0.4, 0.5) is 5.82 Å². The number of rotatable bonds is 11. The van der Waals surface area contributed by atoms with Gasteiger partial charge in [-0.3, -0.25) is 9.59 Å². The van der Waals surface area contributed by atoms with Crippen molar-refractivity contribution in [3.05, 3.63) is 52.1 Å². The van der Waals surface area contributed by atoms with E-state index in [0.29, 0.717) is 56.2 Å².